The van der Waals surface area contributed by atoms with Gasteiger partial charge in [-0.2, -0.15) is 5.43 Å². The molecule has 0 spiro atoms. The predicted molar refractivity (Wildman–Crippen MR) is 89.5 cm³/mol. The largest absolute Gasteiger partial charge is 0.505 e. The summed E-state index contributed by atoms with van der Waals surface area (Å²) in [5.41, 5.74) is 2.38. The van der Waals surface area contributed by atoms with Crippen molar-refractivity contribution >= 4 is 33.3 Å². The zero-order chi connectivity index (χ0) is 21.1. The lowest BCUT2D eigenvalue weighted by atomic mass is 10.2. The van der Waals surface area contributed by atoms with Crippen molar-refractivity contribution in [3.63, 3.8) is 0 Å². The lowest BCUT2D eigenvalue weighted by molar-refractivity contribution is -0.275. The molecule has 0 saturated carbocycles. The lowest BCUT2D eigenvalue weighted by Crippen LogP contribution is -2.59. The van der Waals surface area contributed by atoms with Crippen molar-refractivity contribution in [3.05, 3.63) is 22.1 Å². The van der Waals surface area contributed by atoms with Gasteiger partial charge in [0.25, 0.3) is 5.91 Å². The van der Waals surface area contributed by atoms with E-state index in [2.05, 4.69) is 41.2 Å². The molecule has 28 heavy (non-hydrogen) atoms. The van der Waals surface area contributed by atoms with Gasteiger partial charge in [-0.05, 0) is 26.2 Å². The summed E-state index contributed by atoms with van der Waals surface area (Å²) in [5, 5.41) is 65.8. The normalized spacial score (nSPS) is 12.5. The maximum Gasteiger partial charge on any atom is 0.256 e. The van der Waals surface area contributed by atoms with Crippen LogP contribution in [0.1, 0.15) is 5.69 Å². The van der Waals surface area contributed by atoms with E-state index in [-0.39, 0.29) is 16.8 Å². The van der Waals surface area contributed by atoms with Crippen LogP contribution in [0.15, 0.2) is 20.2 Å². The Balaban J connectivity index is 2.34. The summed E-state index contributed by atoms with van der Waals surface area (Å²) in [6.45, 7) is -0.736. The van der Waals surface area contributed by atoms with E-state index in [1.165, 1.54) is 0 Å². The van der Waals surface area contributed by atoms with Gasteiger partial charge < -0.3 is 25.7 Å². The van der Waals surface area contributed by atoms with E-state index in [1.54, 1.807) is 10.9 Å². The maximum absolute atomic E-state index is 13.5. The number of phenolic OH excluding ortho intramolecular Hbond substituents is 2. The molecular formula is C11H14BrFN8O7. The fourth-order valence-electron chi connectivity index (χ4n) is 1.83. The average Bonchev–Trinajstić information content (AvgIpc) is 3.06. The highest BCUT2D eigenvalue weighted by atomic mass is 79.9. The van der Waals surface area contributed by atoms with Crippen molar-refractivity contribution in [1.29, 1.82) is 0 Å². The molecule has 1 heterocycles. The number of aromatic hydroxyl groups is 2. The van der Waals surface area contributed by atoms with Gasteiger partial charge in [-0.15, -0.1) is 0 Å². The van der Waals surface area contributed by atoms with Gasteiger partial charge in [0.2, 0.25) is 5.82 Å². The molecule has 1 aromatic heterocycles. The number of hydrogen-bond acceptors (Lipinski definition) is 14. The molecule has 0 unspecified atom stereocenters. The van der Waals surface area contributed by atoms with Crippen LogP contribution in [0.3, 0.4) is 0 Å². The van der Waals surface area contributed by atoms with Gasteiger partial charge in [-0.3, -0.25) is 15.9 Å². The number of halogens is 2. The topological polar surface area (TPSA) is 238 Å². The van der Waals surface area contributed by atoms with E-state index < -0.39 is 45.8 Å². The molecule has 2 aromatic rings. The summed E-state index contributed by atoms with van der Waals surface area (Å²) in [5.74, 6) is -1.29. The lowest BCUT2D eigenvalue weighted by Gasteiger charge is -2.24. The third-order valence-corrected chi connectivity index (χ3v) is 3.74. The number of anilines is 1. The third-order valence-electron chi connectivity index (χ3n) is 2.99. The molecule has 0 bridgehead atoms. The van der Waals surface area contributed by atoms with Gasteiger partial charge in [0.1, 0.15) is 11.6 Å². The maximum atomic E-state index is 13.5. The first-order chi connectivity index (χ1) is 13.1. The minimum Gasteiger partial charge on any atom is -0.505 e. The number of nitrogens with one attached hydrogen (secondary N) is 3. The summed E-state index contributed by atoms with van der Waals surface area (Å²) in [6, 6.07) is 0.656. The number of aliphatic hydroxyl groups is 2. The van der Waals surface area contributed by atoms with Crippen LogP contribution in [0, 0.1) is 5.82 Å². The minimum absolute atomic E-state index is 0.205. The molecule has 0 aliphatic carbocycles. The molecule has 0 amide bonds. The Bertz CT molecular complexity index is 877. The second-order valence-electron chi connectivity index (χ2n) is 5.05. The molecule has 17 heteroatoms. The Morgan fingerprint density at radius 3 is 2.68 bits per heavy atom. The van der Waals surface area contributed by atoms with Crippen molar-refractivity contribution < 1.29 is 39.9 Å². The molecule has 11 N–H and O–H groups in total. The number of benzene rings is 1. The molecule has 154 valence electrons. The zero-order valence-corrected chi connectivity index (χ0v) is 15.1. The number of aliphatic imine (C=N–C) groups is 1. The van der Waals surface area contributed by atoms with E-state index in [4.69, 9.17) is 11.0 Å². The molecule has 15 nitrogen and oxygen atoms in total. The van der Waals surface area contributed by atoms with Crippen molar-refractivity contribution in [2.45, 2.75) is 5.91 Å². The van der Waals surface area contributed by atoms with Crippen LogP contribution in [0.5, 0.6) is 11.5 Å². The molecule has 0 atom stereocenters. The van der Waals surface area contributed by atoms with Crippen LogP contribution in [-0.4, -0.2) is 64.7 Å². The van der Waals surface area contributed by atoms with E-state index in [9.17, 15) is 30.0 Å². The second kappa shape index (κ2) is 8.58. The average molecular weight is 469 g/mol. The molecule has 2 rings (SSSR count). The quantitative estimate of drug-likeness (QED) is 0.0735. The number of aromatic nitrogens is 2. The summed E-state index contributed by atoms with van der Waals surface area (Å²) in [6.07, 6.45) is 0. The minimum atomic E-state index is -2.75. The second-order valence-corrected chi connectivity index (χ2v) is 5.84. The highest BCUT2D eigenvalue weighted by Crippen LogP contribution is 2.43. The molecule has 0 saturated heterocycles. The highest BCUT2D eigenvalue weighted by molar-refractivity contribution is 9.10. The van der Waals surface area contributed by atoms with Crippen LogP contribution in [0.25, 0.3) is 0 Å². The molecule has 1 aromatic carbocycles. The first kappa shape index (κ1) is 21.7. The van der Waals surface area contributed by atoms with Gasteiger partial charge in [0, 0.05) is 6.07 Å². The standard InChI is InChI=1S/C11H14BrFN8O7/c12-5-3(13)1-4(22)6(8(5)23)16-10(17-26)7-9(19-28-18-7)15-2-11(24,25)20-21(14)27/h1,20,22-27H,2,14H2,(H,15,19)(H,16,17). The number of nitrogens with two attached hydrogens (primary N) is 1. The van der Waals surface area contributed by atoms with E-state index >= 15 is 0 Å². The predicted octanol–water partition coefficient (Wildman–Crippen LogP) is -1.44. The SMILES string of the molecule is NN(O)NC(O)(O)CNc1nonc1C(=Nc1c(O)cc(F)c(Br)c1O)NO. The monoisotopic (exact) mass is 468 g/mol. The molecular weight excluding hydrogens is 455 g/mol. The van der Waals surface area contributed by atoms with Gasteiger partial charge in [-0.1, -0.05) is 5.28 Å². The Labute approximate surface area is 162 Å². The third kappa shape index (κ3) is 4.99. The summed E-state index contributed by atoms with van der Waals surface area (Å²) < 4.78 is 17.5. The number of hydrazine groups is 2. The molecule has 0 aliphatic rings. The first-order valence-corrected chi connectivity index (χ1v) is 7.76. The van der Waals surface area contributed by atoms with Crippen molar-refractivity contribution in [2.75, 3.05) is 11.9 Å². The molecule has 0 radical (unpaired) electrons. The van der Waals surface area contributed by atoms with Crippen LogP contribution >= 0.6 is 15.9 Å². The van der Waals surface area contributed by atoms with Crippen LogP contribution in [0.4, 0.5) is 15.9 Å². The van der Waals surface area contributed by atoms with Crippen LogP contribution < -0.4 is 22.1 Å². The summed E-state index contributed by atoms with van der Waals surface area (Å²) in [7, 11) is 0. The van der Waals surface area contributed by atoms with E-state index in [1.807, 2.05) is 0 Å². The smallest absolute Gasteiger partial charge is 0.256 e. The fourth-order valence-corrected chi connectivity index (χ4v) is 2.14. The zero-order valence-electron chi connectivity index (χ0n) is 13.5. The van der Waals surface area contributed by atoms with Crippen LogP contribution in [0.2, 0.25) is 0 Å². The van der Waals surface area contributed by atoms with Crippen molar-refractivity contribution in [1.82, 2.24) is 26.5 Å². The van der Waals surface area contributed by atoms with Gasteiger partial charge in [0.05, 0.1) is 11.0 Å². The number of phenols is 2. The van der Waals surface area contributed by atoms with E-state index in [0.29, 0.717) is 6.07 Å². The van der Waals surface area contributed by atoms with Gasteiger partial charge in [0.15, 0.2) is 23.0 Å². The number of hydrogen-bond donors (Lipinski definition) is 10. The van der Waals surface area contributed by atoms with Crippen molar-refractivity contribution in [3.8, 4) is 11.5 Å². The number of hydroxylamine groups is 1. The van der Waals surface area contributed by atoms with Crippen molar-refractivity contribution in [2.24, 2.45) is 10.8 Å². The van der Waals surface area contributed by atoms with Gasteiger partial charge in [-0.25, -0.2) is 19.9 Å². The number of nitrogens with zero attached hydrogens (tertiary/aromatic N) is 4. The fraction of sp³-hybridized carbons (Fsp3) is 0.182. The Morgan fingerprint density at radius 1 is 1.39 bits per heavy atom. The van der Waals surface area contributed by atoms with Crippen LogP contribution in [-0.2, 0) is 0 Å². The first-order valence-electron chi connectivity index (χ1n) is 6.97. The summed E-state index contributed by atoms with van der Waals surface area (Å²) in [4.78, 5) is 3.72. The Kier molecular flexibility index (Phi) is 6.64. The number of amidine groups is 1. The highest BCUT2D eigenvalue weighted by Gasteiger charge is 2.27. The van der Waals surface area contributed by atoms with Gasteiger partial charge >= 0.3 is 0 Å². The summed E-state index contributed by atoms with van der Waals surface area (Å²) >= 11 is 2.76. The molecule has 0 fully saturated rings. The Morgan fingerprint density at radius 2 is 2.07 bits per heavy atom. The molecule has 0 aliphatic heterocycles. The Hall–Kier alpha value is -2.64. The number of rotatable bonds is 7. The van der Waals surface area contributed by atoms with E-state index in [0.717, 1.165) is 0 Å².